The Labute approximate surface area is 88.7 Å². The molecule has 78 valence electrons. The quantitative estimate of drug-likeness (QED) is 0.592. The average molecular weight is 228 g/mol. The molecule has 0 saturated carbocycles. The van der Waals surface area contributed by atoms with Crippen molar-refractivity contribution < 1.29 is 9.53 Å². The minimum absolute atomic E-state index is 0.148. The summed E-state index contributed by atoms with van der Waals surface area (Å²) in [6.07, 6.45) is -0.657. The monoisotopic (exact) mass is 227 g/mol. The van der Waals surface area contributed by atoms with Gasteiger partial charge < -0.3 is 10.1 Å². The molecule has 0 radical (unpaired) electrons. The van der Waals surface area contributed by atoms with Crippen molar-refractivity contribution in [2.45, 2.75) is 31.8 Å². The molecule has 0 aliphatic carbocycles. The van der Waals surface area contributed by atoms with Gasteiger partial charge in [0.2, 0.25) is 5.91 Å². The van der Waals surface area contributed by atoms with E-state index in [0.29, 0.717) is 0 Å². The number of nitrogens with one attached hydrogen (secondary N) is 1. The van der Waals surface area contributed by atoms with Crippen LogP contribution in [-0.2, 0) is 9.53 Å². The molecule has 5 heteroatoms. The van der Waals surface area contributed by atoms with E-state index in [-0.39, 0.29) is 5.91 Å². The number of carbonyl (C=O) groups is 1. The highest BCUT2D eigenvalue weighted by Gasteiger charge is 2.26. The van der Waals surface area contributed by atoms with Crippen LogP contribution in [0.2, 0.25) is 0 Å². The van der Waals surface area contributed by atoms with Crippen molar-refractivity contribution in [1.29, 1.82) is 0 Å². The molecule has 0 unspecified atom stereocenters. The molecule has 0 rings (SSSR count). The van der Waals surface area contributed by atoms with E-state index in [1.54, 1.807) is 20.8 Å². The van der Waals surface area contributed by atoms with Gasteiger partial charge >= 0.3 is 0 Å². The Morgan fingerprint density at radius 2 is 1.85 bits per heavy atom. The van der Waals surface area contributed by atoms with E-state index in [2.05, 4.69) is 5.32 Å². The lowest BCUT2D eigenvalue weighted by Gasteiger charge is -2.23. The number of rotatable bonds is 3. The van der Waals surface area contributed by atoms with Crippen LogP contribution in [0.5, 0.6) is 0 Å². The minimum Gasteiger partial charge on any atom is -0.359 e. The zero-order valence-electron chi connectivity index (χ0n) is 8.23. The van der Waals surface area contributed by atoms with Gasteiger partial charge in [-0.25, -0.2) is 0 Å². The topological polar surface area (TPSA) is 38.3 Å². The smallest absolute Gasteiger partial charge is 0.227 e. The molecule has 0 bridgehead atoms. The zero-order chi connectivity index (χ0) is 10.6. The molecule has 0 fully saturated rings. The number of hydrogen-bond donors (Lipinski definition) is 1. The fraction of sp³-hybridized carbons (Fsp3) is 0.875. The molecule has 0 aliphatic rings. The van der Waals surface area contributed by atoms with Crippen LogP contribution in [0.25, 0.3) is 0 Å². The summed E-state index contributed by atoms with van der Waals surface area (Å²) in [4.78, 5) is 10.7. The number of methoxy groups -OCH3 is 1. The first-order chi connectivity index (χ1) is 5.79. The second-order valence-electron chi connectivity index (χ2n) is 3.71. The Morgan fingerprint density at radius 1 is 1.38 bits per heavy atom. The summed E-state index contributed by atoms with van der Waals surface area (Å²) in [7, 11) is 1.44. The lowest BCUT2D eigenvalue weighted by atomic mass is 9.96. The van der Waals surface area contributed by atoms with E-state index in [4.69, 9.17) is 27.9 Å². The van der Waals surface area contributed by atoms with Crippen LogP contribution in [0, 0.1) is 5.41 Å². The Hall–Kier alpha value is 0.01000. The summed E-state index contributed by atoms with van der Waals surface area (Å²) in [6, 6.07) is 0. The third-order valence-corrected chi connectivity index (χ3v) is 1.90. The van der Waals surface area contributed by atoms with Crippen LogP contribution >= 0.6 is 23.2 Å². The molecule has 1 atom stereocenters. The van der Waals surface area contributed by atoms with Gasteiger partial charge in [0.25, 0.3) is 0 Å². The van der Waals surface area contributed by atoms with Gasteiger partial charge in [-0.1, -0.05) is 20.8 Å². The minimum atomic E-state index is -0.767. The molecule has 3 nitrogen and oxygen atoms in total. The highest BCUT2D eigenvalue weighted by molar-refractivity contribution is 6.44. The summed E-state index contributed by atoms with van der Waals surface area (Å²) in [5, 5.41) is 2.58. The second-order valence-corrected chi connectivity index (χ2v) is 4.88. The number of hydrogen-bond acceptors (Lipinski definition) is 2. The van der Waals surface area contributed by atoms with Crippen LogP contribution in [0.15, 0.2) is 0 Å². The standard InChI is InChI=1S/C8H15Cl2NO2/c1-8(2,3)7(12)11-6(13-4)5(9)10/h5-6H,1-4H3,(H,11,12)/t6-/m1/s1. The van der Waals surface area contributed by atoms with Crippen molar-refractivity contribution in [2.24, 2.45) is 5.41 Å². The number of amides is 1. The van der Waals surface area contributed by atoms with Gasteiger partial charge in [-0.05, 0) is 0 Å². The summed E-state index contributed by atoms with van der Waals surface area (Å²) >= 11 is 11.1. The zero-order valence-corrected chi connectivity index (χ0v) is 9.74. The van der Waals surface area contributed by atoms with Gasteiger partial charge in [0.15, 0.2) is 11.1 Å². The average Bonchev–Trinajstić information content (AvgIpc) is 1.96. The summed E-state index contributed by atoms with van der Waals surface area (Å²) in [5.74, 6) is -0.148. The molecular weight excluding hydrogens is 213 g/mol. The van der Waals surface area contributed by atoms with E-state index in [0.717, 1.165) is 0 Å². The number of halogens is 2. The molecule has 1 N–H and O–H groups in total. The first-order valence-corrected chi connectivity index (χ1v) is 4.78. The Bertz CT molecular complexity index is 177. The summed E-state index contributed by atoms with van der Waals surface area (Å²) in [6.45, 7) is 5.39. The van der Waals surface area contributed by atoms with Gasteiger partial charge in [0.05, 0.1) is 0 Å². The van der Waals surface area contributed by atoms with E-state index < -0.39 is 16.5 Å². The fourth-order valence-electron chi connectivity index (χ4n) is 0.571. The molecule has 0 aliphatic heterocycles. The van der Waals surface area contributed by atoms with Gasteiger partial charge in [-0.3, -0.25) is 4.79 Å². The van der Waals surface area contributed by atoms with Crippen LogP contribution in [0.3, 0.4) is 0 Å². The largest absolute Gasteiger partial charge is 0.359 e. The van der Waals surface area contributed by atoms with E-state index in [1.165, 1.54) is 7.11 Å². The van der Waals surface area contributed by atoms with E-state index in [9.17, 15) is 4.79 Å². The molecule has 0 aromatic carbocycles. The van der Waals surface area contributed by atoms with E-state index >= 15 is 0 Å². The summed E-state index contributed by atoms with van der Waals surface area (Å²) in [5.41, 5.74) is -0.473. The van der Waals surface area contributed by atoms with Crippen molar-refractivity contribution in [3.05, 3.63) is 0 Å². The SMILES string of the molecule is CO[C@@H](NC(=O)C(C)(C)C)C(Cl)Cl. The normalized spacial score (nSPS) is 14.4. The molecule has 13 heavy (non-hydrogen) atoms. The third-order valence-electron chi connectivity index (χ3n) is 1.44. The predicted octanol–water partition coefficient (Wildman–Crippen LogP) is 1.92. The molecule has 0 spiro atoms. The molecule has 0 heterocycles. The van der Waals surface area contributed by atoms with Crippen molar-refractivity contribution in [2.75, 3.05) is 7.11 Å². The fourth-order valence-corrected chi connectivity index (χ4v) is 0.902. The first-order valence-electron chi connectivity index (χ1n) is 3.91. The van der Waals surface area contributed by atoms with Crippen molar-refractivity contribution in [3.63, 3.8) is 0 Å². The maximum absolute atomic E-state index is 11.4. The second kappa shape index (κ2) is 5.03. The van der Waals surface area contributed by atoms with E-state index in [1.807, 2.05) is 0 Å². The number of ether oxygens (including phenoxy) is 1. The maximum atomic E-state index is 11.4. The third kappa shape index (κ3) is 4.69. The van der Waals surface area contributed by atoms with Crippen LogP contribution in [0.4, 0.5) is 0 Å². The van der Waals surface area contributed by atoms with Gasteiger partial charge in [-0.2, -0.15) is 0 Å². The molecule has 0 aromatic heterocycles. The van der Waals surface area contributed by atoms with Crippen LogP contribution < -0.4 is 5.32 Å². The van der Waals surface area contributed by atoms with Crippen LogP contribution in [-0.4, -0.2) is 24.1 Å². The Kier molecular flexibility index (Phi) is 5.04. The lowest BCUT2D eigenvalue weighted by Crippen LogP contribution is -2.45. The van der Waals surface area contributed by atoms with Gasteiger partial charge in [0.1, 0.15) is 0 Å². The van der Waals surface area contributed by atoms with Gasteiger partial charge in [0, 0.05) is 12.5 Å². The lowest BCUT2D eigenvalue weighted by molar-refractivity contribution is -0.132. The first kappa shape index (κ1) is 13.0. The van der Waals surface area contributed by atoms with Crippen LogP contribution in [0.1, 0.15) is 20.8 Å². The highest BCUT2D eigenvalue weighted by Crippen LogP contribution is 2.15. The predicted molar refractivity (Wildman–Crippen MR) is 53.9 cm³/mol. The molecular formula is C8H15Cl2NO2. The molecule has 0 aromatic rings. The van der Waals surface area contributed by atoms with Crippen molar-refractivity contribution >= 4 is 29.1 Å². The Balaban J connectivity index is 4.18. The van der Waals surface area contributed by atoms with Crippen molar-refractivity contribution in [1.82, 2.24) is 5.32 Å². The number of alkyl halides is 2. The highest BCUT2D eigenvalue weighted by atomic mass is 35.5. The van der Waals surface area contributed by atoms with Gasteiger partial charge in [-0.15, -0.1) is 23.2 Å². The number of carbonyl (C=O) groups excluding carboxylic acids is 1. The molecule has 1 amide bonds. The Morgan fingerprint density at radius 3 is 2.08 bits per heavy atom. The van der Waals surface area contributed by atoms with Crippen molar-refractivity contribution in [3.8, 4) is 0 Å². The maximum Gasteiger partial charge on any atom is 0.227 e. The summed E-state index contributed by atoms with van der Waals surface area (Å²) < 4.78 is 4.88. The molecule has 0 saturated heterocycles.